The molecule has 0 radical (unpaired) electrons. The Morgan fingerprint density at radius 2 is 2.16 bits per heavy atom. The van der Waals surface area contributed by atoms with Gasteiger partial charge in [-0.15, -0.1) is 11.3 Å². The number of H-pyrrole nitrogens is 1. The molecule has 3 aromatic rings. The summed E-state index contributed by atoms with van der Waals surface area (Å²) >= 11 is 13.9. The van der Waals surface area contributed by atoms with Crippen LogP contribution in [0.4, 0.5) is 5.13 Å². The Bertz CT molecular complexity index is 830. The highest BCUT2D eigenvalue weighted by Crippen LogP contribution is 2.35. The Morgan fingerprint density at radius 1 is 1.32 bits per heavy atom. The van der Waals surface area contributed by atoms with Crippen molar-refractivity contribution < 1.29 is 0 Å². The second-order valence-electron chi connectivity index (χ2n) is 6.02. The van der Waals surface area contributed by atoms with Gasteiger partial charge in [-0.1, -0.05) is 30.1 Å². The van der Waals surface area contributed by atoms with Gasteiger partial charge in [0.25, 0.3) is 0 Å². The first-order valence-electron chi connectivity index (χ1n) is 8.19. The molecule has 0 saturated carbocycles. The quantitative estimate of drug-likeness (QED) is 0.472. The number of aryl methyl sites for hydroxylation is 1. The van der Waals surface area contributed by atoms with Crippen molar-refractivity contribution in [2.75, 3.05) is 11.9 Å². The fourth-order valence-electron chi connectivity index (χ4n) is 2.70. The molecule has 0 saturated heterocycles. The predicted molar refractivity (Wildman–Crippen MR) is 107 cm³/mol. The predicted octanol–water partition coefficient (Wildman–Crippen LogP) is 6.14. The van der Waals surface area contributed by atoms with E-state index in [1.54, 1.807) is 23.7 Å². The zero-order valence-corrected chi connectivity index (χ0v) is 16.5. The van der Waals surface area contributed by atoms with Gasteiger partial charge in [0.05, 0.1) is 17.0 Å². The molecule has 2 heterocycles. The van der Waals surface area contributed by atoms with Crippen LogP contribution in [0.3, 0.4) is 0 Å². The van der Waals surface area contributed by atoms with Gasteiger partial charge in [0.2, 0.25) is 0 Å². The number of rotatable bonds is 7. The van der Waals surface area contributed by atoms with Crippen molar-refractivity contribution in [3.63, 3.8) is 0 Å². The highest BCUT2D eigenvalue weighted by Gasteiger charge is 2.13. The number of benzene rings is 1. The maximum atomic E-state index is 6.31. The average Bonchev–Trinajstić information content (AvgIpc) is 3.22. The summed E-state index contributed by atoms with van der Waals surface area (Å²) in [4.78, 5) is 13.1. The van der Waals surface area contributed by atoms with Crippen molar-refractivity contribution in [3.8, 4) is 11.3 Å². The lowest BCUT2D eigenvalue weighted by Gasteiger charge is -2.09. The highest BCUT2D eigenvalue weighted by molar-refractivity contribution is 7.16. The molecule has 0 bridgehead atoms. The van der Waals surface area contributed by atoms with E-state index in [-0.39, 0.29) is 0 Å². The summed E-state index contributed by atoms with van der Waals surface area (Å²) in [5, 5.41) is 5.60. The van der Waals surface area contributed by atoms with Crippen molar-refractivity contribution in [2.24, 2.45) is 0 Å². The first kappa shape index (κ1) is 18.2. The Hall–Kier alpha value is -1.56. The monoisotopic (exact) mass is 394 g/mol. The SMILES string of the molecule is Cc1sc(NCCCC(C)c2cnc[nH]2)nc1-c1ccc(Cl)cc1Cl. The standard InChI is InChI=1S/C18H20Cl2N4S/c1-11(16-9-21-10-23-16)4-3-7-22-18-24-17(12(2)25-18)14-6-5-13(19)8-15(14)20/h5-6,8-11H,3-4,7H2,1-2H3,(H,21,23)(H,22,24). The van der Waals surface area contributed by atoms with E-state index in [2.05, 4.69) is 29.1 Å². The summed E-state index contributed by atoms with van der Waals surface area (Å²) in [7, 11) is 0. The molecule has 3 rings (SSSR count). The van der Waals surface area contributed by atoms with Gasteiger partial charge in [0, 0.05) is 33.9 Å². The summed E-state index contributed by atoms with van der Waals surface area (Å²) in [5.74, 6) is 0.478. The van der Waals surface area contributed by atoms with Crippen LogP contribution in [-0.4, -0.2) is 21.5 Å². The Balaban J connectivity index is 1.57. The van der Waals surface area contributed by atoms with Crippen molar-refractivity contribution in [1.82, 2.24) is 15.0 Å². The number of thiazole rings is 1. The second-order valence-corrected chi connectivity index (χ2v) is 8.07. The molecule has 1 atom stereocenters. The van der Waals surface area contributed by atoms with Crippen LogP contribution in [0.1, 0.15) is 36.3 Å². The minimum absolute atomic E-state index is 0.478. The topological polar surface area (TPSA) is 53.6 Å². The van der Waals surface area contributed by atoms with Crippen LogP contribution in [0, 0.1) is 6.92 Å². The molecule has 4 nitrogen and oxygen atoms in total. The third-order valence-corrected chi connectivity index (χ3v) is 5.60. The third-order valence-electron chi connectivity index (χ3n) is 4.12. The molecule has 2 aromatic heterocycles. The fraction of sp³-hybridized carbons (Fsp3) is 0.333. The van der Waals surface area contributed by atoms with Gasteiger partial charge in [0.15, 0.2) is 5.13 Å². The molecule has 1 unspecified atom stereocenters. The molecule has 0 spiro atoms. The number of hydrogen-bond acceptors (Lipinski definition) is 4. The number of hydrogen-bond donors (Lipinski definition) is 2. The molecular formula is C18H20Cl2N4S. The molecule has 0 aliphatic carbocycles. The highest BCUT2D eigenvalue weighted by atomic mass is 35.5. The van der Waals surface area contributed by atoms with Crippen molar-refractivity contribution >= 4 is 39.7 Å². The molecule has 0 fully saturated rings. The molecule has 25 heavy (non-hydrogen) atoms. The van der Waals surface area contributed by atoms with E-state index >= 15 is 0 Å². The van der Waals surface area contributed by atoms with Gasteiger partial charge in [0.1, 0.15) is 0 Å². The summed E-state index contributed by atoms with van der Waals surface area (Å²) in [6.07, 6.45) is 5.78. The van der Waals surface area contributed by atoms with E-state index in [1.807, 2.05) is 18.3 Å². The van der Waals surface area contributed by atoms with E-state index in [4.69, 9.17) is 28.2 Å². The van der Waals surface area contributed by atoms with E-state index in [1.165, 1.54) is 5.69 Å². The lowest BCUT2D eigenvalue weighted by molar-refractivity contribution is 0.637. The number of aromatic amines is 1. The van der Waals surface area contributed by atoms with Gasteiger partial charge in [-0.25, -0.2) is 9.97 Å². The molecule has 7 heteroatoms. The number of nitrogens with one attached hydrogen (secondary N) is 2. The molecule has 2 N–H and O–H groups in total. The number of anilines is 1. The van der Waals surface area contributed by atoms with Crippen LogP contribution in [0.5, 0.6) is 0 Å². The summed E-state index contributed by atoms with van der Waals surface area (Å²) in [5.41, 5.74) is 3.02. The molecule has 1 aromatic carbocycles. The normalized spacial score (nSPS) is 12.3. The second kappa shape index (κ2) is 8.21. The fourth-order valence-corrected chi connectivity index (χ4v) is 4.05. The van der Waals surface area contributed by atoms with Crippen molar-refractivity contribution in [3.05, 3.63) is 51.3 Å². The molecule has 0 aliphatic heterocycles. The third kappa shape index (κ3) is 4.54. The van der Waals surface area contributed by atoms with Crippen LogP contribution in [0.2, 0.25) is 10.0 Å². The molecule has 132 valence electrons. The minimum Gasteiger partial charge on any atom is -0.361 e. The lowest BCUT2D eigenvalue weighted by atomic mass is 10.0. The Kier molecular flexibility index (Phi) is 5.99. The Morgan fingerprint density at radius 3 is 2.88 bits per heavy atom. The van der Waals surface area contributed by atoms with Crippen LogP contribution < -0.4 is 5.32 Å². The zero-order valence-electron chi connectivity index (χ0n) is 14.1. The van der Waals surface area contributed by atoms with Crippen LogP contribution in [0.15, 0.2) is 30.7 Å². The first-order chi connectivity index (χ1) is 12.0. The summed E-state index contributed by atoms with van der Waals surface area (Å²) < 4.78 is 0. The van der Waals surface area contributed by atoms with Gasteiger partial charge in [-0.05, 0) is 43.9 Å². The smallest absolute Gasteiger partial charge is 0.183 e. The maximum Gasteiger partial charge on any atom is 0.183 e. The van der Waals surface area contributed by atoms with Crippen LogP contribution in [-0.2, 0) is 0 Å². The van der Waals surface area contributed by atoms with Crippen molar-refractivity contribution in [1.29, 1.82) is 0 Å². The van der Waals surface area contributed by atoms with Crippen LogP contribution >= 0.6 is 34.5 Å². The van der Waals surface area contributed by atoms with Gasteiger partial charge in [-0.3, -0.25) is 0 Å². The number of halogens is 2. The number of aromatic nitrogens is 3. The number of nitrogens with zero attached hydrogens (tertiary/aromatic N) is 2. The zero-order chi connectivity index (χ0) is 17.8. The largest absolute Gasteiger partial charge is 0.361 e. The number of imidazole rings is 1. The van der Waals surface area contributed by atoms with Gasteiger partial charge < -0.3 is 10.3 Å². The molecular weight excluding hydrogens is 375 g/mol. The van der Waals surface area contributed by atoms with E-state index in [0.29, 0.717) is 16.0 Å². The van der Waals surface area contributed by atoms with E-state index in [0.717, 1.165) is 40.7 Å². The summed E-state index contributed by atoms with van der Waals surface area (Å²) in [6, 6.07) is 5.51. The average molecular weight is 395 g/mol. The van der Waals surface area contributed by atoms with E-state index in [9.17, 15) is 0 Å². The van der Waals surface area contributed by atoms with Gasteiger partial charge >= 0.3 is 0 Å². The molecule has 0 aliphatic rings. The lowest BCUT2D eigenvalue weighted by Crippen LogP contribution is -2.03. The Labute approximate surface area is 161 Å². The van der Waals surface area contributed by atoms with Crippen LogP contribution in [0.25, 0.3) is 11.3 Å². The first-order valence-corrected chi connectivity index (χ1v) is 9.77. The summed E-state index contributed by atoms with van der Waals surface area (Å²) in [6.45, 7) is 5.16. The van der Waals surface area contributed by atoms with Crippen molar-refractivity contribution in [2.45, 2.75) is 32.6 Å². The molecule has 0 amide bonds. The maximum absolute atomic E-state index is 6.31. The van der Waals surface area contributed by atoms with E-state index < -0.39 is 0 Å². The van der Waals surface area contributed by atoms with Gasteiger partial charge in [-0.2, -0.15) is 0 Å². The minimum atomic E-state index is 0.478.